The van der Waals surface area contributed by atoms with Crippen molar-refractivity contribution in [2.24, 2.45) is 0 Å². The van der Waals surface area contributed by atoms with Gasteiger partial charge in [0, 0.05) is 0 Å². The van der Waals surface area contributed by atoms with Gasteiger partial charge in [-0.25, -0.2) is 0 Å². The van der Waals surface area contributed by atoms with E-state index in [2.05, 4.69) is 0 Å². The molecule has 2 N–H and O–H groups in total. The molecule has 0 aliphatic rings. The summed E-state index contributed by atoms with van der Waals surface area (Å²) in [4.78, 5) is 17.9. The third kappa shape index (κ3) is 5.70. The van der Waals surface area contributed by atoms with Crippen molar-refractivity contribution in [2.75, 3.05) is 0 Å². The van der Waals surface area contributed by atoms with Gasteiger partial charge in [-0.3, -0.25) is 14.9 Å². The van der Waals surface area contributed by atoms with Gasteiger partial charge in [0.05, 0.1) is 4.92 Å². The van der Waals surface area contributed by atoms with E-state index in [4.69, 9.17) is 0 Å². The SMILES string of the molecule is O.O=C/C(=C/[O-])[N+](=O)[O-].[Na+]. The number of rotatable bonds is 2. The van der Waals surface area contributed by atoms with Crippen molar-refractivity contribution in [1.29, 1.82) is 0 Å². The van der Waals surface area contributed by atoms with Crippen molar-refractivity contribution in [3.05, 3.63) is 22.1 Å². The number of carbonyl (C=O) groups excluding carboxylic acids is 1. The van der Waals surface area contributed by atoms with E-state index in [0.717, 1.165) is 0 Å². The Labute approximate surface area is 78.3 Å². The molecule has 0 heterocycles. The second kappa shape index (κ2) is 8.57. The molecule has 0 rings (SSSR count). The Kier molecular flexibility index (Phi) is 14.0. The number of carbonyl (C=O) groups is 1. The van der Waals surface area contributed by atoms with E-state index in [1.165, 1.54) is 0 Å². The van der Waals surface area contributed by atoms with Gasteiger partial charge in [-0.05, 0) is 0 Å². The van der Waals surface area contributed by atoms with Crippen LogP contribution in [-0.4, -0.2) is 16.7 Å². The smallest absolute Gasteiger partial charge is 0.873 e. The van der Waals surface area contributed by atoms with E-state index in [9.17, 15) is 20.0 Å². The summed E-state index contributed by atoms with van der Waals surface area (Å²) in [5, 5.41) is 18.9. The summed E-state index contributed by atoms with van der Waals surface area (Å²) in [5.74, 6) is 0. The number of aldehydes is 1. The average molecular weight is 157 g/mol. The fourth-order valence-corrected chi connectivity index (χ4v) is 0.114. The first-order valence-corrected chi connectivity index (χ1v) is 1.64. The molecule has 0 radical (unpaired) electrons. The fraction of sp³-hybridized carbons (Fsp3) is 0. The summed E-state index contributed by atoms with van der Waals surface area (Å²) in [6.07, 6.45) is -0.208. The number of hydrogen-bond donors (Lipinski definition) is 0. The summed E-state index contributed by atoms with van der Waals surface area (Å²) < 4.78 is 0. The average Bonchev–Trinajstić information content (AvgIpc) is 1.69. The molecule has 52 valence electrons. The number of hydrogen-bond acceptors (Lipinski definition) is 4. The van der Waals surface area contributed by atoms with Crippen LogP contribution in [0.2, 0.25) is 0 Å². The van der Waals surface area contributed by atoms with Crippen LogP contribution >= 0.6 is 0 Å². The van der Waals surface area contributed by atoms with Crippen LogP contribution in [0.4, 0.5) is 0 Å². The van der Waals surface area contributed by atoms with Crippen LogP contribution in [0, 0.1) is 10.1 Å². The van der Waals surface area contributed by atoms with Gasteiger partial charge in [0.15, 0.2) is 0 Å². The molecule has 0 aromatic carbocycles. The Bertz CT molecular complexity index is 144. The Morgan fingerprint density at radius 1 is 1.50 bits per heavy atom. The molecule has 10 heavy (non-hydrogen) atoms. The first-order valence-electron chi connectivity index (χ1n) is 1.64. The molecule has 0 unspecified atom stereocenters. The maximum Gasteiger partial charge on any atom is 1.00 e. The zero-order chi connectivity index (χ0) is 6.57. The maximum atomic E-state index is 9.47. The van der Waals surface area contributed by atoms with Crippen molar-refractivity contribution < 1.29 is 49.9 Å². The monoisotopic (exact) mass is 157 g/mol. The van der Waals surface area contributed by atoms with Crippen LogP contribution < -0.4 is 34.7 Å². The number of nitro groups is 1. The van der Waals surface area contributed by atoms with Crippen LogP contribution in [-0.2, 0) is 4.79 Å². The predicted molar refractivity (Wildman–Crippen MR) is 24.8 cm³/mol. The molecule has 0 bridgehead atoms. The van der Waals surface area contributed by atoms with Gasteiger partial charge >= 0.3 is 29.6 Å². The van der Waals surface area contributed by atoms with Crippen LogP contribution in [0.5, 0.6) is 0 Å². The molecular formula is C3H4NNaO5. The normalized spacial score (nSPS) is 8.60. The molecule has 0 aromatic heterocycles. The fourth-order valence-electron chi connectivity index (χ4n) is 0.114. The molecule has 6 nitrogen and oxygen atoms in total. The maximum absolute atomic E-state index is 9.47. The summed E-state index contributed by atoms with van der Waals surface area (Å²) in [6.45, 7) is 0. The predicted octanol–water partition coefficient (Wildman–Crippen LogP) is -5.16. The van der Waals surface area contributed by atoms with E-state index in [1.54, 1.807) is 0 Å². The molecular weight excluding hydrogens is 153 g/mol. The minimum Gasteiger partial charge on any atom is -0.873 e. The third-order valence-corrected chi connectivity index (χ3v) is 0.452. The van der Waals surface area contributed by atoms with Crippen LogP contribution in [0.25, 0.3) is 0 Å². The van der Waals surface area contributed by atoms with Crippen molar-refractivity contribution in [2.45, 2.75) is 0 Å². The second-order valence-corrected chi connectivity index (χ2v) is 0.918. The zero-order valence-electron chi connectivity index (χ0n) is 5.23. The first-order chi connectivity index (χ1) is 3.72. The first kappa shape index (κ1) is 16.3. The molecule has 0 spiro atoms. The molecule has 0 amide bonds. The quantitative estimate of drug-likeness (QED) is 0.0994. The third-order valence-electron chi connectivity index (χ3n) is 0.452. The van der Waals surface area contributed by atoms with Crippen LogP contribution in [0.15, 0.2) is 12.0 Å². The minimum atomic E-state index is -1.04. The van der Waals surface area contributed by atoms with Gasteiger partial charge in [0.1, 0.15) is 0 Å². The molecule has 7 heteroatoms. The van der Waals surface area contributed by atoms with Crippen molar-refractivity contribution in [3.8, 4) is 0 Å². The van der Waals surface area contributed by atoms with Crippen molar-refractivity contribution in [3.63, 3.8) is 0 Å². The summed E-state index contributed by atoms with van der Waals surface area (Å²) >= 11 is 0. The van der Waals surface area contributed by atoms with Gasteiger partial charge in [-0.2, -0.15) is 0 Å². The second-order valence-electron chi connectivity index (χ2n) is 0.918. The van der Waals surface area contributed by atoms with E-state index in [0.29, 0.717) is 0 Å². The Morgan fingerprint density at radius 3 is 1.90 bits per heavy atom. The molecule has 0 saturated heterocycles. The minimum absolute atomic E-state index is 0. The largest absolute Gasteiger partial charge is 1.00 e. The molecule has 0 saturated carbocycles. The Morgan fingerprint density at radius 2 is 1.90 bits per heavy atom. The zero-order valence-corrected chi connectivity index (χ0v) is 7.23. The summed E-state index contributed by atoms with van der Waals surface area (Å²) in [5.41, 5.74) is -0.954. The Balaban J connectivity index is -0.000000245. The number of nitrogens with zero attached hydrogens (tertiary/aromatic N) is 1. The van der Waals surface area contributed by atoms with E-state index in [1.807, 2.05) is 0 Å². The van der Waals surface area contributed by atoms with Crippen LogP contribution in [0.3, 0.4) is 0 Å². The van der Waals surface area contributed by atoms with Crippen molar-refractivity contribution >= 4 is 6.29 Å². The molecule has 0 aliphatic heterocycles. The van der Waals surface area contributed by atoms with Gasteiger partial charge in [0.2, 0.25) is 6.29 Å². The van der Waals surface area contributed by atoms with Crippen molar-refractivity contribution in [1.82, 2.24) is 0 Å². The summed E-state index contributed by atoms with van der Waals surface area (Å²) in [7, 11) is 0. The van der Waals surface area contributed by atoms with E-state index in [-0.39, 0.29) is 47.6 Å². The molecule has 0 fully saturated rings. The molecule has 0 aliphatic carbocycles. The summed E-state index contributed by atoms with van der Waals surface area (Å²) in [6, 6.07) is 0. The Hall–Kier alpha value is -0.430. The van der Waals surface area contributed by atoms with Gasteiger partial charge in [-0.1, -0.05) is 6.26 Å². The topological polar surface area (TPSA) is 115 Å². The van der Waals surface area contributed by atoms with Crippen LogP contribution in [0.1, 0.15) is 0 Å². The standard InChI is InChI=1S/C3H3NO4.Na.H2O/c5-1-3(2-6)4(7)8;;/h1-2,5H;;1H2/q;+1;/p-1/b3-1-;;. The van der Waals surface area contributed by atoms with Gasteiger partial charge in [0.25, 0.3) is 5.70 Å². The van der Waals surface area contributed by atoms with E-state index >= 15 is 0 Å². The number of allylic oxidation sites excluding steroid dienone is 1. The molecule has 0 aromatic rings. The van der Waals surface area contributed by atoms with Gasteiger partial charge in [-0.15, -0.1) is 0 Å². The van der Waals surface area contributed by atoms with Gasteiger partial charge < -0.3 is 10.6 Å². The molecule has 0 atom stereocenters. The van der Waals surface area contributed by atoms with E-state index < -0.39 is 10.6 Å².